The number of fused-ring (bicyclic) bond motifs is 3. The van der Waals surface area contributed by atoms with Gasteiger partial charge in [0.05, 0.1) is 26.7 Å². The third kappa shape index (κ3) is 5.99. The molecular formula is C31H38O7. The molecule has 38 heavy (non-hydrogen) atoms. The number of hydrogen-bond donors (Lipinski definition) is 1. The standard InChI is InChI=1S/C31H38O7/c1-5-6-7-8-9-10-11-12-13-22(32)27-17-21-26(35-3)19-29-30(31(21)38-27)23(33)18-25(37-29)20-14-15-24(34-2)28(16-20)36-4/h14-19,22,32H,5-13H2,1-4H3. The first-order valence-electron chi connectivity index (χ1n) is 13.5. The Labute approximate surface area is 223 Å². The number of furan rings is 1. The highest BCUT2D eigenvalue weighted by Crippen LogP contribution is 2.39. The molecule has 2 aromatic heterocycles. The summed E-state index contributed by atoms with van der Waals surface area (Å²) in [6.45, 7) is 2.22. The summed E-state index contributed by atoms with van der Waals surface area (Å²) in [5.74, 6) is 2.43. The second-order valence-electron chi connectivity index (χ2n) is 9.67. The highest BCUT2D eigenvalue weighted by Gasteiger charge is 2.21. The highest BCUT2D eigenvalue weighted by atomic mass is 16.5. The summed E-state index contributed by atoms with van der Waals surface area (Å²) in [5, 5.41) is 11.8. The van der Waals surface area contributed by atoms with Gasteiger partial charge < -0.3 is 28.2 Å². The Kier molecular flexibility index (Phi) is 9.34. The molecule has 1 unspecified atom stereocenters. The van der Waals surface area contributed by atoms with Gasteiger partial charge in [-0.25, -0.2) is 0 Å². The molecule has 0 saturated heterocycles. The largest absolute Gasteiger partial charge is 0.496 e. The smallest absolute Gasteiger partial charge is 0.197 e. The van der Waals surface area contributed by atoms with Gasteiger partial charge in [-0.1, -0.05) is 58.3 Å². The van der Waals surface area contributed by atoms with E-state index in [0.717, 1.165) is 12.8 Å². The molecule has 0 spiro atoms. The van der Waals surface area contributed by atoms with Crippen molar-refractivity contribution in [3.05, 3.63) is 52.4 Å². The summed E-state index contributed by atoms with van der Waals surface area (Å²) < 4.78 is 28.5. The van der Waals surface area contributed by atoms with Crippen LogP contribution in [0.1, 0.15) is 76.6 Å². The van der Waals surface area contributed by atoms with E-state index < -0.39 is 6.10 Å². The van der Waals surface area contributed by atoms with Gasteiger partial charge in [-0.05, 0) is 30.7 Å². The van der Waals surface area contributed by atoms with E-state index in [1.807, 2.05) is 0 Å². The minimum Gasteiger partial charge on any atom is -0.496 e. The number of hydrogen-bond acceptors (Lipinski definition) is 7. The molecule has 0 amide bonds. The maximum Gasteiger partial charge on any atom is 0.197 e. The summed E-state index contributed by atoms with van der Waals surface area (Å²) in [6.07, 6.45) is 9.42. The first kappa shape index (κ1) is 27.6. The van der Waals surface area contributed by atoms with Crippen molar-refractivity contribution in [2.45, 2.75) is 70.8 Å². The van der Waals surface area contributed by atoms with Crippen molar-refractivity contribution < 1.29 is 28.2 Å². The molecule has 7 heteroatoms. The average Bonchev–Trinajstić information content (AvgIpc) is 3.38. The molecule has 0 aliphatic rings. The topological polar surface area (TPSA) is 91.3 Å². The van der Waals surface area contributed by atoms with E-state index in [1.165, 1.54) is 44.6 Å². The monoisotopic (exact) mass is 522 g/mol. The molecule has 0 bridgehead atoms. The number of methoxy groups -OCH3 is 3. The number of rotatable bonds is 14. The molecular weight excluding hydrogens is 484 g/mol. The van der Waals surface area contributed by atoms with E-state index in [9.17, 15) is 9.90 Å². The van der Waals surface area contributed by atoms with Crippen molar-refractivity contribution >= 4 is 21.9 Å². The molecule has 0 aliphatic carbocycles. The van der Waals surface area contributed by atoms with Crippen molar-refractivity contribution in [3.63, 3.8) is 0 Å². The Morgan fingerprint density at radius 3 is 2.16 bits per heavy atom. The average molecular weight is 523 g/mol. The number of aliphatic hydroxyl groups excluding tert-OH is 1. The Morgan fingerprint density at radius 2 is 1.47 bits per heavy atom. The Morgan fingerprint density at radius 1 is 0.789 bits per heavy atom. The molecule has 2 aromatic carbocycles. The summed E-state index contributed by atoms with van der Waals surface area (Å²) >= 11 is 0. The van der Waals surface area contributed by atoms with Crippen molar-refractivity contribution in [2.75, 3.05) is 21.3 Å². The van der Waals surface area contributed by atoms with Gasteiger partial charge in [0.15, 0.2) is 22.5 Å². The fraction of sp³-hybridized carbons (Fsp3) is 0.452. The van der Waals surface area contributed by atoms with Crippen LogP contribution in [0.25, 0.3) is 33.3 Å². The van der Waals surface area contributed by atoms with Crippen LogP contribution in [0.15, 0.2) is 50.0 Å². The lowest BCUT2D eigenvalue weighted by Crippen LogP contribution is -2.01. The second-order valence-corrected chi connectivity index (χ2v) is 9.67. The fourth-order valence-corrected chi connectivity index (χ4v) is 4.89. The lowest BCUT2D eigenvalue weighted by molar-refractivity contribution is 0.139. The van der Waals surface area contributed by atoms with Crippen LogP contribution in [0.4, 0.5) is 0 Å². The van der Waals surface area contributed by atoms with Crippen molar-refractivity contribution in [2.24, 2.45) is 0 Å². The molecule has 204 valence electrons. The van der Waals surface area contributed by atoms with Crippen LogP contribution in [-0.4, -0.2) is 26.4 Å². The first-order chi connectivity index (χ1) is 18.5. The molecule has 7 nitrogen and oxygen atoms in total. The van der Waals surface area contributed by atoms with Gasteiger partial charge >= 0.3 is 0 Å². The molecule has 4 rings (SSSR count). The van der Waals surface area contributed by atoms with Crippen LogP contribution in [0.5, 0.6) is 17.2 Å². The normalized spacial score (nSPS) is 12.2. The van der Waals surface area contributed by atoms with E-state index in [1.54, 1.807) is 51.7 Å². The zero-order valence-corrected chi connectivity index (χ0v) is 22.8. The minimum atomic E-state index is -0.750. The molecule has 1 atom stereocenters. The van der Waals surface area contributed by atoms with Gasteiger partial charge in [0.2, 0.25) is 0 Å². The summed E-state index contributed by atoms with van der Waals surface area (Å²) in [4.78, 5) is 13.3. The van der Waals surface area contributed by atoms with Gasteiger partial charge in [-0.15, -0.1) is 0 Å². The van der Waals surface area contributed by atoms with Gasteiger partial charge in [0, 0.05) is 17.7 Å². The fourth-order valence-electron chi connectivity index (χ4n) is 4.89. The number of unbranched alkanes of at least 4 members (excludes halogenated alkanes) is 7. The number of aliphatic hydroxyl groups is 1. The molecule has 0 radical (unpaired) electrons. The maximum atomic E-state index is 13.3. The number of ether oxygens (including phenoxy) is 3. The van der Waals surface area contributed by atoms with Gasteiger partial charge in [-0.2, -0.15) is 0 Å². The van der Waals surface area contributed by atoms with Gasteiger partial charge in [-0.3, -0.25) is 4.79 Å². The summed E-state index contributed by atoms with van der Waals surface area (Å²) in [7, 11) is 4.67. The Hall–Kier alpha value is -3.45. The molecule has 1 N–H and O–H groups in total. The van der Waals surface area contributed by atoms with Crippen LogP contribution in [-0.2, 0) is 0 Å². The first-order valence-corrected chi connectivity index (χ1v) is 13.5. The van der Waals surface area contributed by atoms with E-state index >= 15 is 0 Å². The molecule has 2 heterocycles. The third-order valence-electron chi connectivity index (χ3n) is 7.03. The van der Waals surface area contributed by atoms with Crippen LogP contribution in [0.3, 0.4) is 0 Å². The SMILES string of the molecule is CCCCCCCCCCC(O)c1cc2c(OC)cc3oc(-c4ccc(OC)c(OC)c4)cc(=O)c3c2o1. The predicted molar refractivity (Wildman–Crippen MR) is 150 cm³/mol. The van der Waals surface area contributed by atoms with E-state index in [4.69, 9.17) is 23.0 Å². The van der Waals surface area contributed by atoms with Crippen molar-refractivity contribution in [3.8, 4) is 28.6 Å². The Balaban J connectivity index is 1.59. The lowest BCUT2D eigenvalue weighted by atomic mass is 10.0. The van der Waals surface area contributed by atoms with Gasteiger partial charge in [0.25, 0.3) is 0 Å². The summed E-state index contributed by atoms with van der Waals surface area (Å²) in [5.41, 5.74) is 1.12. The van der Waals surface area contributed by atoms with Gasteiger partial charge in [0.1, 0.15) is 34.3 Å². The molecule has 4 aromatic rings. The molecule has 0 fully saturated rings. The van der Waals surface area contributed by atoms with Crippen LogP contribution in [0.2, 0.25) is 0 Å². The van der Waals surface area contributed by atoms with E-state index in [-0.39, 0.29) is 5.43 Å². The van der Waals surface area contributed by atoms with Crippen LogP contribution >= 0.6 is 0 Å². The number of benzene rings is 2. The molecule has 0 aliphatic heterocycles. The third-order valence-corrected chi connectivity index (χ3v) is 7.03. The maximum absolute atomic E-state index is 13.3. The van der Waals surface area contributed by atoms with Crippen LogP contribution < -0.4 is 19.6 Å². The summed E-state index contributed by atoms with van der Waals surface area (Å²) in [6, 6.07) is 10.2. The lowest BCUT2D eigenvalue weighted by Gasteiger charge is -2.10. The Bertz CT molecular complexity index is 1420. The quantitative estimate of drug-likeness (QED) is 0.169. The van der Waals surface area contributed by atoms with Crippen LogP contribution in [0, 0.1) is 0 Å². The van der Waals surface area contributed by atoms with Crippen molar-refractivity contribution in [1.82, 2.24) is 0 Å². The minimum absolute atomic E-state index is 0.248. The second kappa shape index (κ2) is 12.9. The van der Waals surface area contributed by atoms with E-state index in [0.29, 0.717) is 62.7 Å². The zero-order valence-electron chi connectivity index (χ0n) is 22.8. The van der Waals surface area contributed by atoms with Crippen molar-refractivity contribution in [1.29, 1.82) is 0 Å². The van der Waals surface area contributed by atoms with E-state index in [2.05, 4.69) is 6.92 Å². The molecule has 0 saturated carbocycles. The zero-order chi connectivity index (χ0) is 27.1. The highest BCUT2D eigenvalue weighted by molar-refractivity contribution is 6.05. The predicted octanol–water partition coefficient (Wildman–Crippen LogP) is 7.80.